The molecule has 0 aliphatic carbocycles. The van der Waals surface area contributed by atoms with E-state index in [0.29, 0.717) is 0 Å². The summed E-state index contributed by atoms with van der Waals surface area (Å²) in [7, 11) is 0. The lowest BCUT2D eigenvalue weighted by atomic mass is 10.1. The number of carbonyl (C=O) groups is 2. The summed E-state index contributed by atoms with van der Waals surface area (Å²) in [6.07, 6.45) is 0.186. The number of hydrogen-bond acceptors (Lipinski definition) is 3. The summed E-state index contributed by atoms with van der Waals surface area (Å²) in [4.78, 5) is 20.4. The van der Waals surface area contributed by atoms with Crippen molar-refractivity contribution >= 4 is 24.2 Å². The van der Waals surface area contributed by atoms with Crippen molar-refractivity contribution < 1.29 is 14.7 Å². The second-order valence-electron chi connectivity index (χ2n) is 2.15. The normalized spacial score (nSPS) is 11.5. The Kier molecular flexibility index (Phi) is 7.24. The van der Waals surface area contributed by atoms with E-state index in [-0.39, 0.29) is 31.0 Å². The van der Waals surface area contributed by atoms with E-state index < -0.39 is 12.0 Å². The van der Waals surface area contributed by atoms with E-state index >= 15 is 0 Å². The van der Waals surface area contributed by atoms with Crippen LogP contribution in [0.5, 0.6) is 0 Å². The zero-order chi connectivity index (χ0) is 8.15. The van der Waals surface area contributed by atoms with Crippen LogP contribution in [0.25, 0.3) is 0 Å². The number of rotatable bonds is 4. The van der Waals surface area contributed by atoms with Crippen LogP contribution >= 0.6 is 12.4 Å². The highest BCUT2D eigenvalue weighted by atomic mass is 35.5. The molecule has 0 bridgehead atoms. The predicted molar refractivity (Wildman–Crippen MR) is 42.8 cm³/mol. The molecule has 0 aliphatic rings. The molecule has 0 radical (unpaired) electrons. The summed E-state index contributed by atoms with van der Waals surface area (Å²) in [5.74, 6) is -1.09. The number of carboxylic acids is 1. The third-order valence-corrected chi connectivity index (χ3v) is 1.19. The molecule has 0 aromatic carbocycles. The van der Waals surface area contributed by atoms with Crippen LogP contribution in [0.1, 0.15) is 19.8 Å². The van der Waals surface area contributed by atoms with Crippen molar-refractivity contribution in [1.29, 1.82) is 0 Å². The fourth-order valence-corrected chi connectivity index (χ4v) is 0.482. The molecule has 1 atom stereocenters. The molecule has 0 saturated carbocycles. The van der Waals surface area contributed by atoms with Gasteiger partial charge in [-0.15, -0.1) is 12.4 Å². The zero-order valence-corrected chi connectivity index (χ0v) is 7.06. The number of nitrogens with two attached hydrogens (primary N) is 1. The first-order chi connectivity index (χ1) is 4.54. The van der Waals surface area contributed by atoms with Crippen LogP contribution in [0.3, 0.4) is 0 Å². The minimum absolute atomic E-state index is 0. The van der Waals surface area contributed by atoms with Gasteiger partial charge in [0.25, 0.3) is 0 Å². The SMILES string of the molecule is CC(=O)[C@@H](N)CCC(=O)O.Cl. The highest BCUT2D eigenvalue weighted by molar-refractivity contribution is 5.85. The number of carboxylic acid groups (broad SMARTS) is 1. The predicted octanol–water partition coefficient (Wildman–Crippen LogP) is 0.189. The van der Waals surface area contributed by atoms with Crippen LogP contribution < -0.4 is 5.73 Å². The van der Waals surface area contributed by atoms with Gasteiger partial charge in [0.05, 0.1) is 6.04 Å². The van der Waals surface area contributed by atoms with Gasteiger partial charge in [0.2, 0.25) is 0 Å². The Morgan fingerprint density at radius 2 is 2.00 bits per heavy atom. The molecule has 0 fully saturated rings. The maximum Gasteiger partial charge on any atom is 0.303 e. The van der Waals surface area contributed by atoms with E-state index in [0.717, 1.165) is 0 Å². The zero-order valence-electron chi connectivity index (χ0n) is 6.24. The van der Waals surface area contributed by atoms with E-state index in [9.17, 15) is 9.59 Å². The number of Topliss-reactive ketones (excluding diaryl/α,β-unsaturated/α-hetero) is 1. The fourth-order valence-electron chi connectivity index (χ4n) is 0.482. The maximum atomic E-state index is 10.4. The summed E-state index contributed by atoms with van der Waals surface area (Å²) in [5, 5.41) is 8.18. The van der Waals surface area contributed by atoms with Crippen LogP contribution in [0.4, 0.5) is 0 Å². The molecular formula is C6H12ClNO3. The molecule has 0 unspecified atom stereocenters. The molecule has 5 heteroatoms. The van der Waals surface area contributed by atoms with Crippen LogP contribution in [-0.2, 0) is 9.59 Å². The Balaban J connectivity index is 0. The van der Waals surface area contributed by atoms with Crippen LogP contribution in [-0.4, -0.2) is 22.9 Å². The highest BCUT2D eigenvalue weighted by Crippen LogP contribution is 1.94. The lowest BCUT2D eigenvalue weighted by Crippen LogP contribution is -2.28. The molecule has 0 heterocycles. The first kappa shape index (κ1) is 13.0. The van der Waals surface area contributed by atoms with Gasteiger partial charge in [0.15, 0.2) is 0 Å². The van der Waals surface area contributed by atoms with Crippen molar-refractivity contribution in [2.45, 2.75) is 25.8 Å². The van der Waals surface area contributed by atoms with Gasteiger partial charge >= 0.3 is 5.97 Å². The molecule has 0 saturated heterocycles. The molecular weight excluding hydrogens is 170 g/mol. The van der Waals surface area contributed by atoms with Gasteiger partial charge < -0.3 is 10.8 Å². The van der Waals surface area contributed by atoms with Crippen molar-refractivity contribution in [3.8, 4) is 0 Å². The average Bonchev–Trinajstić information content (AvgIpc) is 1.82. The molecule has 4 nitrogen and oxygen atoms in total. The van der Waals surface area contributed by atoms with Gasteiger partial charge in [-0.25, -0.2) is 0 Å². The number of ketones is 1. The Labute approximate surface area is 71.2 Å². The topological polar surface area (TPSA) is 80.4 Å². The van der Waals surface area contributed by atoms with E-state index in [2.05, 4.69) is 0 Å². The smallest absolute Gasteiger partial charge is 0.303 e. The molecule has 66 valence electrons. The number of carbonyl (C=O) groups excluding carboxylic acids is 1. The third-order valence-electron chi connectivity index (χ3n) is 1.19. The first-order valence-electron chi connectivity index (χ1n) is 3.02. The molecule has 11 heavy (non-hydrogen) atoms. The van der Waals surface area contributed by atoms with E-state index in [1.165, 1.54) is 6.92 Å². The van der Waals surface area contributed by atoms with Crippen LogP contribution in [0, 0.1) is 0 Å². The van der Waals surface area contributed by atoms with E-state index in [1.807, 2.05) is 0 Å². The quantitative estimate of drug-likeness (QED) is 0.649. The largest absolute Gasteiger partial charge is 0.481 e. The summed E-state index contributed by atoms with van der Waals surface area (Å²) >= 11 is 0. The minimum atomic E-state index is -0.920. The standard InChI is InChI=1S/C6H11NO3.ClH/c1-4(8)5(7)2-3-6(9)10;/h5H,2-3,7H2,1H3,(H,9,10);1H/t5-;/m0./s1. The van der Waals surface area contributed by atoms with Gasteiger partial charge in [-0.1, -0.05) is 0 Å². The minimum Gasteiger partial charge on any atom is -0.481 e. The number of aliphatic carboxylic acids is 1. The van der Waals surface area contributed by atoms with Crippen molar-refractivity contribution in [2.24, 2.45) is 5.73 Å². The molecule has 0 amide bonds. The van der Waals surface area contributed by atoms with Gasteiger partial charge in [0, 0.05) is 6.42 Å². The van der Waals surface area contributed by atoms with Crippen molar-refractivity contribution in [2.75, 3.05) is 0 Å². The second-order valence-corrected chi connectivity index (χ2v) is 2.15. The van der Waals surface area contributed by atoms with Crippen molar-refractivity contribution in [3.63, 3.8) is 0 Å². The maximum absolute atomic E-state index is 10.4. The lowest BCUT2D eigenvalue weighted by Gasteiger charge is -2.03. The first-order valence-corrected chi connectivity index (χ1v) is 3.02. The average molecular weight is 182 g/mol. The molecule has 0 aliphatic heterocycles. The fraction of sp³-hybridized carbons (Fsp3) is 0.667. The third kappa shape index (κ3) is 7.29. The second kappa shape index (κ2) is 6.12. The molecule has 0 aromatic heterocycles. The lowest BCUT2D eigenvalue weighted by molar-refractivity contribution is -0.137. The Bertz CT molecular complexity index is 149. The monoisotopic (exact) mass is 181 g/mol. The Hall–Kier alpha value is -0.610. The van der Waals surface area contributed by atoms with Gasteiger partial charge in [0.1, 0.15) is 5.78 Å². The van der Waals surface area contributed by atoms with E-state index in [4.69, 9.17) is 10.8 Å². The molecule has 0 rings (SSSR count). The molecule has 3 N–H and O–H groups in total. The van der Waals surface area contributed by atoms with Crippen LogP contribution in [0.15, 0.2) is 0 Å². The van der Waals surface area contributed by atoms with Gasteiger partial charge in [-0.2, -0.15) is 0 Å². The Morgan fingerprint density at radius 1 is 1.55 bits per heavy atom. The molecule has 0 aromatic rings. The summed E-state index contributed by atoms with van der Waals surface area (Å²) in [6.45, 7) is 1.35. The van der Waals surface area contributed by atoms with Gasteiger partial charge in [-0.05, 0) is 13.3 Å². The summed E-state index contributed by atoms with van der Waals surface area (Å²) in [5.41, 5.74) is 5.25. The summed E-state index contributed by atoms with van der Waals surface area (Å²) in [6, 6.07) is -0.615. The van der Waals surface area contributed by atoms with E-state index in [1.54, 1.807) is 0 Å². The molecule has 0 spiro atoms. The number of halogens is 1. The van der Waals surface area contributed by atoms with Crippen LogP contribution in [0.2, 0.25) is 0 Å². The highest BCUT2D eigenvalue weighted by Gasteiger charge is 2.09. The van der Waals surface area contributed by atoms with Crippen molar-refractivity contribution in [1.82, 2.24) is 0 Å². The summed E-state index contributed by atoms with van der Waals surface area (Å²) < 4.78 is 0. The number of hydrogen-bond donors (Lipinski definition) is 2. The van der Waals surface area contributed by atoms with Crippen molar-refractivity contribution in [3.05, 3.63) is 0 Å². The Morgan fingerprint density at radius 3 is 2.27 bits per heavy atom. The van der Waals surface area contributed by atoms with Gasteiger partial charge in [-0.3, -0.25) is 9.59 Å².